The van der Waals surface area contributed by atoms with Gasteiger partial charge in [0.05, 0.1) is 11.9 Å². The predicted molar refractivity (Wildman–Crippen MR) is 75.9 cm³/mol. The van der Waals surface area contributed by atoms with Crippen molar-refractivity contribution in [3.8, 4) is 0 Å². The molecule has 7 heteroatoms. The quantitative estimate of drug-likeness (QED) is 0.928. The van der Waals surface area contributed by atoms with E-state index in [0.717, 1.165) is 0 Å². The maximum atomic E-state index is 12.3. The summed E-state index contributed by atoms with van der Waals surface area (Å²) in [6.07, 6.45) is 0.562. The van der Waals surface area contributed by atoms with E-state index in [1.165, 1.54) is 10.4 Å². The second kappa shape index (κ2) is 5.97. The first-order valence-electron chi connectivity index (χ1n) is 5.98. The summed E-state index contributed by atoms with van der Waals surface area (Å²) in [5.74, 6) is -0.140. The molecule has 0 aliphatic carbocycles. The summed E-state index contributed by atoms with van der Waals surface area (Å²) in [4.78, 5) is 0. The molecule has 0 spiro atoms. The number of sulfonamides is 1. The van der Waals surface area contributed by atoms with Crippen molar-refractivity contribution in [1.82, 2.24) is 4.31 Å². The van der Waals surface area contributed by atoms with E-state index >= 15 is 0 Å². The molecule has 106 valence electrons. The first kappa shape index (κ1) is 15.1. The van der Waals surface area contributed by atoms with Crippen LogP contribution >= 0.6 is 23.2 Å². The van der Waals surface area contributed by atoms with Crippen LogP contribution in [0.2, 0.25) is 10.0 Å². The van der Waals surface area contributed by atoms with Crippen molar-refractivity contribution in [3.63, 3.8) is 0 Å². The average molecular weight is 324 g/mol. The molecule has 0 saturated carbocycles. The number of nitrogens with zero attached hydrogens (tertiary/aromatic N) is 1. The zero-order valence-electron chi connectivity index (χ0n) is 10.2. The van der Waals surface area contributed by atoms with Gasteiger partial charge in [-0.05, 0) is 30.5 Å². The van der Waals surface area contributed by atoms with Crippen molar-refractivity contribution >= 4 is 33.2 Å². The zero-order valence-corrected chi connectivity index (χ0v) is 12.5. The molecule has 0 aromatic heterocycles. The summed E-state index contributed by atoms with van der Waals surface area (Å²) in [7, 11) is -3.40. The molecule has 1 saturated heterocycles. The Labute approximate surface area is 123 Å². The Morgan fingerprint density at radius 1 is 1.26 bits per heavy atom. The largest absolute Gasteiger partial charge is 0.393 e. The van der Waals surface area contributed by atoms with E-state index in [2.05, 4.69) is 0 Å². The van der Waals surface area contributed by atoms with Gasteiger partial charge in [-0.2, -0.15) is 0 Å². The van der Waals surface area contributed by atoms with Crippen LogP contribution in [0.3, 0.4) is 0 Å². The maximum Gasteiger partial charge on any atom is 0.218 e. The number of rotatable bonds is 3. The van der Waals surface area contributed by atoms with E-state index in [4.69, 9.17) is 23.2 Å². The smallest absolute Gasteiger partial charge is 0.218 e. The average Bonchev–Trinajstić information content (AvgIpc) is 2.33. The van der Waals surface area contributed by atoms with Crippen LogP contribution in [0.15, 0.2) is 18.2 Å². The van der Waals surface area contributed by atoms with Gasteiger partial charge in [0, 0.05) is 23.1 Å². The van der Waals surface area contributed by atoms with Crippen LogP contribution in [-0.4, -0.2) is 37.0 Å². The highest BCUT2D eigenvalue weighted by Crippen LogP contribution is 2.25. The molecule has 2 rings (SSSR count). The molecule has 0 bridgehead atoms. The van der Waals surface area contributed by atoms with Gasteiger partial charge in [0.2, 0.25) is 10.0 Å². The molecule has 0 unspecified atom stereocenters. The maximum absolute atomic E-state index is 12.3. The SMILES string of the molecule is O=S(=O)(Cc1ccc(Cl)cc1Cl)N1CCC(O)CC1. The number of aliphatic hydroxyl groups excluding tert-OH is 1. The second-order valence-electron chi connectivity index (χ2n) is 4.62. The summed E-state index contributed by atoms with van der Waals surface area (Å²) in [5.41, 5.74) is 0.539. The van der Waals surface area contributed by atoms with Crippen molar-refractivity contribution in [2.75, 3.05) is 13.1 Å². The molecule has 1 aliphatic heterocycles. The molecule has 1 N–H and O–H groups in total. The lowest BCUT2D eigenvalue weighted by Crippen LogP contribution is -2.40. The van der Waals surface area contributed by atoms with Crippen LogP contribution in [0.1, 0.15) is 18.4 Å². The van der Waals surface area contributed by atoms with Gasteiger partial charge in [-0.15, -0.1) is 0 Å². The van der Waals surface area contributed by atoms with Crippen LogP contribution in [0.5, 0.6) is 0 Å². The Balaban J connectivity index is 2.12. The molecule has 19 heavy (non-hydrogen) atoms. The van der Waals surface area contributed by atoms with Gasteiger partial charge < -0.3 is 5.11 Å². The first-order chi connectivity index (χ1) is 8.88. The lowest BCUT2D eigenvalue weighted by molar-refractivity contribution is 0.113. The van der Waals surface area contributed by atoms with Crippen molar-refractivity contribution in [2.24, 2.45) is 0 Å². The zero-order chi connectivity index (χ0) is 14.0. The molecular weight excluding hydrogens is 309 g/mol. The number of hydrogen-bond acceptors (Lipinski definition) is 3. The van der Waals surface area contributed by atoms with E-state index in [1.54, 1.807) is 12.1 Å². The Morgan fingerprint density at radius 2 is 1.89 bits per heavy atom. The van der Waals surface area contributed by atoms with E-state index in [9.17, 15) is 13.5 Å². The van der Waals surface area contributed by atoms with Gasteiger partial charge in [-0.1, -0.05) is 29.3 Å². The Morgan fingerprint density at radius 3 is 2.47 bits per heavy atom. The summed E-state index contributed by atoms with van der Waals surface area (Å²) >= 11 is 11.8. The van der Waals surface area contributed by atoms with Gasteiger partial charge in [0.15, 0.2) is 0 Å². The minimum Gasteiger partial charge on any atom is -0.393 e. The van der Waals surface area contributed by atoms with Crippen LogP contribution < -0.4 is 0 Å². The fourth-order valence-corrected chi connectivity index (χ4v) is 4.20. The van der Waals surface area contributed by atoms with Crippen LogP contribution in [0.4, 0.5) is 0 Å². The third-order valence-corrected chi connectivity index (χ3v) is 5.58. The monoisotopic (exact) mass is 323 g/mol. The normalized spacial score (nSPS) is 18.7. The summed E-state index contributed by atoms with van der Waals surface area (Å²) < 4.78 is 25.9. The predicted octanol–water partition coefficient (Wildman–Crippen LogP) is 2.28. The van der Waals surface area contributed by atoms with Crippen LogP contribution in [0.25, 0.3) is 0 Å². The molecular formula is C12H15Cl2NO3S. The Kier molecular flexibility index (Phi) is 4.74. The molecule has 1 aliphatic rings. The topological polar surface area (TPSA) is 57.6 Å². The highest BCUT2D eigenvalue weighted by Gasteiger charge is 2.27. The molecule has 1 heterocycles. The fraction of sp³-hybridized carbons (Fsp3) is 0.500. The lowest BCUT2D eigenvalue weighted by atomic mass is 10.1. The Bertz CT molecular complexity index is 554. The molecule has 1 aromatic rings. The van der Waals surface area contributed by atoms with E-state index in [-0.39, 0.29) is 5.75 Å². The molecule has 0 amide bonds. The van der Waals surface area contributed by atoms with Gasteiger partial charge >= 0.3 is 0 Å². The van der Waals surface area contributed by atoms with Crippen molar-refractivity contribution in [3.05, 3.63) is 33.8 Å². The van der Waals surface area contributed by atoms with Gasteiger partial charge in [-0.3, -0.25) is 0 Å². The minimum absolute atomic E-state index is 0.140. The molecule has 4 nitrogen and oxygen atoms in total. The number of benzene rings is 1. The van der Waals surface area contributed by atoms with E-state index < -0.39 is 16.1 Å². The summed E-state index contributed by atoms with van der Waals surface area (Å²) in [5, 5.41) is 10.2. The molecule has 1 fully saturated rings. The van der Waals surface area contributed by atoms with Crippen LogP contribution in [0, 0.1) is 0 Å². The minimum atomic E-state index is -3.40. The van der Waals surface area contributed by atoms with Gasteiger partial charge in [-0.25, -0.2) is 12.7 Å². The van der Waals surface area contributed by atoms with E-state index in [1.807, 2.05) is 0 Å². The third-order valence-electron chi connectivity index (χ3n) is 3.17. The molecule has 0 atom stereocenters. The fourth-order valence-electron chi connectivity index (χ4n) is 2.05. The van der Waals surface area contributed by atoms with Gasteiger partial charge in [0.25, 0.3) is 0 Å². The number of hydrogen-bond donors (Lipinski definition) is 1. The van der Waals surface area contributed by atoms with Crippen molar-refractivity contribution in [2.45, 2.75) is 24.7 Å². The summed E-state index contributed by atoms with van der Waals surface area (Å²) in [6.45, 7) is 0.712. The van der Waals surface area contributed by atoms with Crippen molar-refractivity contribution < 1.29 is 13.5 Å². The summed E-state index contributed by atoms with van der Waals surface area (Å²) in [6, 6.07) is 4.78. The third kappa shape index (κ3) is 3.83. The van der Waals surface area contributed by atoms with Crippen LogP contribution in [-0.2, 0) is 15.8 Å². The molecule has 1 aromatic carbocycles. The highest BCUT2D eigenvalue weighted by atomic mass is 35.5. The van der Waals surface area contributed by atoms with Crippen molar-refractivity contribution in [1.29, 1.82) is 0 Å². The number of aliphatic hydroxyl groups is 1. The molecule has 0 radical (unpaired) electrons. The number of halogens is 2. The van der Waals surface area contributed by atoms with Gasteiger partial charge in [0.1, 0.15) is 0 Å². The highest BCUT2D eigenvalue weighted by molar-refractivity contribution is 7.88. The Hall–Kier alpha value is -0.330. The lowest BCUT2D eigenvalue weighted by Gasteiger charge is -2.28. The second-order valence-corrected chi connectivity index (χ2v) is 7.43. The first-order valence-corrected chi connectivity index (χ1v) is 8.35. The number of piperidine rings is 1. The van der Waals surface area contributed by atoms with E-state index in [0.29, 0.717) is 41.5 Å². The standard InChI is InChI=1S/C12H15Cl2NO3S/c13-10-2-1-9(12(14)7-10)8-19(17,18)15-5-3-11(16)4-6-15/h1-2,7,11,16H,3-6,8H2.